The highest BCUT2D eigenvalue weighted by molar-refractivity contribution is 7.89. The largest absolute Gasteiger partial charge is 0.492 e. The van der Waals surface area contributed by atoms with Crippen molar-refractivity contribution in [2.45, 2.75) is 42.5 Å². The second-order valence-corrected chi connectivity index (χ2v) is 13.9. The van der Waals surface area contributed by atoms with Crippen LogP contribution in [0.2, 0.25) is 5.02 Å². The van der Waals surface area contributed by atoms with Gasteiger partial charge in [-0.2, -0.15) is 8.61 Å². The van der Waals surface area contributed by atoms with E-state index in [1.807, 2.05) is 6.07 Å². The molecule has 1 heterocycles. The summed E-state index contributed by atoms with van der Waals surface area (Å²) in [6.45, 7) is 3.12. The van der Waals surface area contributed by atoms with E-state index >= 15 is 0 Å². The summed E-state index contributed by atoms with van der Waals surface area (Å²) in [6, 6.07) is 19.9. The minimum atomic E-state index is -4.08. The molecule has 0 atom stereocenters. The van der Waals surface area contributed by atoms with Crippen LogP contribution in [-0.2, 0) is 37.8 Å². The lowest BCUT2D eigenvalue weighted by Gasteiger charge is -2.22. The molecule has 0 radical (unpaired) electrons. The first kappa shape index (κ1) is 31.0. The van der Waals surface area contributed by atoms with Crippen LogP contribution in [0.5, 0.6) is 5.75 Å². The van der Waals surface area contributed by atoms with Gasteiger partial charge < -0.3 is 10.1 Å². The molecule has 1 amide bonds. The van der Waals surface area contributed by atoms with Gasteiger partial charge in [-0.3, -0.25) is 4.79 Å². The van der Waals surface area contributed by atoms with Crippen molar-refractivity contribution in [2.75, 3.05) is 32.8 Å². The van der Waals surface area contributed by atoms with Crippen molar-refractivity contribution in [1.29, 1.82) is 0 Å². The van der Waals surface area contributed by atoms with Gasteiger partial charge in [0.15, 0.2) is 0 Å². The number of benzene rings is 3. The summed E-state index contributed by atoms with van der Waals surface area (Å²) in [5, 5.41) is 2.94. The molecular weight excluding hydrogens is 586 g/mol. The minimum absolute atomic E-state index is 0.00558. The maximum atomic E-state index is 13.6. The first-order valence-electron chi connectivity index (χ1n) is 13.4. The smallest absolute Gasteiger partial charge is 0.243 e. The Morgan fingerprint density at radius 3 is 2.22 bits per heavy atom. The summed E-state index contributed by atoms with van der Waals surface area (Å²) in [7, 11) is -7.57. The Morgan fingerprint density at radius 1 is 0.927 bits per heavy atom. The standard InChI is InChI=1S/C29H34ClN3O6S2/c1-2-39-28-15-14-26(20-27(28)30)41(37,38)33(21-24-8-4-3-5-9-24)22-29(34)31-17-16-23-10-12-25(13-11-23)40(35,36)32-18-6-7-19-32/h3-5,8-15,20H,2,6-7,16-19,21-22H2,1H3,(H,31,34). The van der Waals surface area contributed by atoms with E-state index in [2.05, 4.69) is 5.32 Å². The monoisotopic (exact) mass is 619 g/mol. The molecular formula is C29H34ClN3O6S2. The van der Waals surface area contributed by atoms with E-state index in [9.17, 15) is 21.6 Å². The average Bonchev–Trinajstić information content (AvgIpc) is 3.51. The third-order valence-electron chi connectivity index (χ3n) is 6.72. The highest BCUT2D eigenvalue weighted by Gasteiger charge is 2.28. The molecule has 0 aliphatic carbocycles. The van der Waals surface area contributed by atoms with E-state index in [-0.39, 0.29) is 27.9 Å². The molecule has 12 heteroatoms. The third kappa shape index (κ3) is 7.87. The molecule has 4 rings (SSSR count). The summed E-state index contributed by atoms with van der Waals surface area (Å²) < 4.78 is 60.7. The van der Waals surface area contributed by atoms with Crippen LogP contribution in [0.4, 0.5) is 0 Å². The molecule has 0 bridgehead atoms. The zero-order valence-corrected chi connectivity index (χ0v) is 25.2. The number of carbonyl (C=O) groups excluding carboxylic acids is 1. The van der Waals surface area contributed by atoms with Gasteiger partial charge in [0.25, 0.3) is 0 Å². The number of halogens is 1. The number of hydrogen-bond donors (Lipinski definition) is 1. The topological polar surface area (TPSA) is 113 Å². The van der Waals surface area contributed by atoms with Crippen LogP contribution in [0.3, 0.4) is 0 Å². The van der Waals surface area contributed by atoms with Gasteiger partial charge in [-0.05, 0) is 67.6 Å². The average molecular weight is 620 g/mol. The quantitative estimate of drug-likeness (QED) is 0.309. The maximum Gasteiger partial charge on any atom is 0.243 e. The minimum Gasteiger partial charge on any atom is -0.492 e. The van der Waals surface area contributed by atoms with Gasteiger partial charge in [-0.1, -0.05) is 54.1 Å². The number of ether oxygens (including phenoxy) is 1. The number of nitrogens with one attached hydrogen (secondary N) is 1. The molecule has 1 aliphatic heterocycles. The van der Waals surface area contributed by atoms with E-state index in [0.29, 0.717) is 31.9 Å². The Labute approximate surface area is 247 Å². The Balaban J connectivity index is 1.41. The lowest BCUT2D eigenvalue weighted by Crippen LogP contribution is -2.40. The SMILES string of the molecule is CCOc1ccc(S(=O)(=O)N(CC(=O)NCCc2ccc(S(=O)(=O)N3CCCC3)cc2)Cc2ccccc2)cc1Cl. The van der Waals surface area contributed by atoms with Crippen LogP contribution >= 0.6 is 11.6 Å². The lowest BCUT2D eigenvalue weighted by molar-refractivity contribution is -0.121. The van der Waals surface area contributed by atoms with Crippen LogP contribution in [0.15, 0.2) is 82.6 Å². The van der Waals surface area contributed by atoms with Crippen molar-refractivity contribution in [3.8, 4) is 5.75 Å². The Bertz CT molecular complexity index is 1540. The fourth-order valence-corrected chi connectivity index (χ4v) is 7.77. The van der Waals surface area contributed by atoms with Crippen molar-refractivity contribution in [3.05, 3.63) is 88.9 Å². The summed E-state index contributed by atoms with van der Waals surface area (Å²) >= 11 is 6.26. The molecule has 0 spiro atoms. The fourth-order valence-electron chi connectivity index (χ4n) is 4.54. The highest BCUT2D eigenvalue weighted by atomic mass is 35.5. The van der Waals surface area contributed by atoms with Crippen molar-refractivity contribution < 1.29 is 26.4 Å². The van der Waals surface area contributed by atoms with Gasteiger partial charge in [-0.15, -0.1) is 0 Å². The lowest BCUT2D eigenvalue weighted by atomic mass is 10.1. The molecule has 0 saturated carbocycles. The fraction of sp³-hybridized carbons (Fsp3) is 0.345. The first-order valence-corrected chi connectivity index (χ1v) is 16.7. The van der Waals surface area contributed by atoms with Crippen molar-refractivity contribution >= 4 is 37.6 Å². The van der Waals surface area contributed by atoms with Crippen molar-refractivity contribution in [1.82, 2.24) is 13.9 Å². The summed E-state index contributed by atoms with van der Waals surface area (Å²) in [6.07, 6.45) is 2.19. The van der Waals surface area contributed by atoms with Crippen LogP contribution < -0.4 is 10.1 Å². The van der Waals surface area contributed by atoms with Crippen molar-refractivity contribution in [3.63, 3.8) is 0 Å². The summed E-state index contributed by atoms with van der Waals surface area (Å²) in [5.74, 6) is -0.0862. The number of sulfonamides is 2. The molecule has 9 nitrogen and oxygen atoms in total. The Hall–Kier alpha value is -2.96. The van der Waals surface area contributed by atoms with E-state index in [4.69, 9.17) is 16.3 Å². The number of carbonyl (C=O) groups is 1. The zero-order valence-electron chi connectivity index (χ0n) is 22.8. The number of amides is 1. The predicted molar refractivity (Wildman–Crippen MR) is 158 cm³/mol. The van der Waals surface area contributed by atoms with E-state index in [0.717, 1.165) is 28.3 Å². The van der Waals surface area contributed by atoms with E-state index < -0.39 is 32.5 Å². The van der Waals surface area contributed by atoms with Gasteiger partial charge in [0.1, 0.15) is 5.75 Å². The highest BCUT2D eigenvalue weighted by Crippen LogP contribution is 2.29. The molecule has 220 valence electrons. The first-order chi connectivity index (χ1) is 19.6. The molecule has 41 heavy (non-hydrogen) atoms. The molecule has 0 unspecified atom stereocenters. The second kappa shape index (κ2) is 13.8. The molecule has 1 saturated heterocycles. The van der Waals surface area contributed by atoms with Gasteiger partial charge >= 0.3 is 0 Å². The van der Waals surface area contributed by atoms with Gasteiger partial charge in [0.05, 0.1) is 28.0 Å². The van der Waals surface area contributed by atoms with Crippen LogP contribution in [0.1, 0.15) is 30.9 Å². The zero-order chi connectivity index (χ0) is 29.5. The molecule has 1 N–H and O–H groups in total. The number of rotatable bonds is 13. The van der Waals surface area contributed by atoms with Crippen LogP contribution in [0, 0.1) is 0 Å². The Morgan fingerprint density at radius 2 is 1.59 bits per heavy atom. The van der Waals surface area contributed by atoms with Gasteiger partial charge in [-0.25, -0.2) is 16.8 Å². The van der Waals surface area contributed by atoms with E-state index in [1.54, 1.807) is 55.5 Å². The predicted octanol–water partition coefficient (Wildman–Crippen LogP) is 4.07. The number of nitrogens with zero attached hydrogens (tertiary/aromatic N) is 2. The Kier molecular flexibility index (Phi) is 10.4. The summed E-state index contributed by atoms with van der Waals surface area (Å²) in [5.41, 5.74) is 1.58. The van der Waals surface area contributed by atoms with E-state index in [1.165, 1.54) is 22.5 Å². The number of hydrogen-bond acceptors (Lipinski definition) is 6. The van der Waals surface area contributed by atoms with Crippen LogP contribution in [-0.4, -0.2) is 64.1 Å². The maximum absolute atomic E-state index is 13.6. The van der Waals surface area contributed by atoms with Crippen molar-refractivity contribution in [2.24, 2.45) is 0 Å². The molecule has 1 fully saturated rings. The molecule has 0 aromatic heterocycles. The summed E-state index contributed by atoms with van der Waals surface area (Å²) in [4.78, 5) is 13.1. The molecule has 1 aliphatic rings. The van der Waals surface area contributed by atoms with Gasteiger partial charge in [0, 0.05) is 26.2 Å². The van der Waals surface area contributed by atoms with Crippen LogP contribution in [0.25, 0.3) is 0 Å². The third-order valence-corrected chi connectivity index (χ3v) is 10.7. The normalized spacial score (nSPS) is 14.3. The van der Waals surface area contributed by atoms with Gasteiger partial charge in [0.2, 0.25) is 26.0 Å². The molecule has 3 aromatic rings. The molecule has 3 aromatic carbocycles. The second-order valence-electron chi connectivity index (χ2n) is 9.64.